The lowest BCUT2D eigenvalue weighted by molar-refractivity contribution is 0.313. The van der Waals surface area contributed by atoms with E-state index in [9.17, 15) is 0 Å². The minimum atomic E-state index is 0.360. The summed E-state index contributed by atoms with van der Waals surface area (Å²) < 4.78 is 7.06. The Labute approximate surface area is 113 Å². The van der Waals surface area contributed by atoms with Gasteiger partial charge in [0, 0.05) is 31.0 Å². The molecule has 1 N–H and O–H groups in total. The SMILES string of the molecule is c1cc(-c2noc(-c3cn(C4CNC4)nn3)n2)ccn1. The van der Waals surface area contributed by atoms with E-state index in [0.717, 1.165) is 18.7 Å². The summed E-state index contributed by atoms with van der Waals surface area (Å²) in [5.41, 5.74) is 1.44. The second kappa shape index (κ2) is 4.49. The molecule has 1 fully saturated rings. The van der Waals surface area contributed by atoms with E-state index >= 15 is 0 Å². The van der Waals surface area contributed by atoms with Crippen molar-refractivity contribution in [1.29, 1.82) is 0 Å². The van der Waals surface area contributed by atoms with Gasteiger partial charge in [0.25, 0.3) is 5.89 Å². The summed E-state index contributed by atoms with van der Waals surface area (Å²) >= 11 is 0. The molecule has 0 radical (unpaired) electrons. The number of rotatable bonds is 3. The van der Waals surface area contributed by atoms with Crippen molar-refractivity contribution in [3.05, 3.63) is 30.7 Å². The highest BCUT2D eigenvalue weighted by Crippen LogP contribution is 2.21. The first kappa shape index (κ1) is 11.2. The van der Waals surface area contributed by atoms with Crippen molar-refractivity contribution in [2.75, 3.05) is 13.1 Å². The highest BCUT2D eigenvalue weighted by Gasteiger charge is 2.22. The maximum absolute atomic E-state index is 5.24. The zero-order valence-corrected chi connectivity index (χ0v) is 10.5. The van der Waals surface area contributed by atoms with Gasteiger partial charge >= 0.3 is 0 Å². The molecule has 0 amide bonds. The molecule has 4 rings (SSSR count). The van der Waals surface area contributed by atoms with Crippen LogP contribution in [-0.4, -0.2) is 43.2 Å². The van der Waals surface area contributed by atoms with E-state index in [1.54, 1.807) is 12.4 Å². The maximum Gasteiger partial charge on any atom is 0.280 e. The zero-order chi connectivity index (χ0) is 13.4. The topological polar surface area (TPSA) is 94.6 Å². The van der Waals surface area contributed by atoms with Gasteiger partial charge < -0.3 is 9.84 Å². The number of aromatic nitrogens is 6. The summed E-state index contributed by atoms with van der Waals surface area (Å²) in [5.74, 6) is 0.887. The van der Waals surface area contributed by atoms with Crippen LogP contribution in [0.5, 0.6) is 0 Å². The lowest BCUT2D eigenvalue weighted by atomic mass is 10.2. The first-order valence-corrected chi connectivity index (χ1v) is 6.27. The molecule has 4 heterocycles. The van der Waals surface area contributed by atoms with Crippen LogP contribution in [-0.2, 0) is 0 Å². The van der Waals surface area contributed by atoms with Gasteiger partial charge in [-0.3, -0.25) is 4.98 Å². The largest absolute Gasteiger partial charge is 0.332 e. The van der Waals surface area contributed by atoms with Crippen LogP contribution in [0.25, 0.3) is 23.0 Å². The summed E-state index contributed by atoms with van der Waals surface area (Å²) in [7, 11) is 0. The predicted octanol–water partition coefficient (Wildman–Crippen LogP) is 0.534. The van der Waals surface area contributed by atoms with E-state index in [1.807, 2.05) is 23.0 Å². The molecule has 3 aromatic rings. The molecule has 100 valence electrons. The minimum Gasteiger partial charge on any atom is -0.332 e. The molecule has 0 atom stereocenters. The van der Waals surface area contributed by atoms with Gasteiger partial charge in [0.05, 0.1) is 12.2 Å². The molecular formula is C12H11N7O. The number of nitrogens with one attached hydrogen (secondary N) is 1. The number of hydrogen-bond acceptors (Lipinski definition) is 7. The second-order valence-corrected chi connectivity index (χ2v) is 4.55. The molecule has 20 heavy (non-hydrogen) atoms. The molecule has 1 saturated heterocycles. The number of hydrogen-bond donors (Lipinski definition) is 1. The molecule has 8 heteroatoms. The van der Waals surface area contributed by atoms with Crippen molar-refractivity contribution < 1.29 is 4.52 Å². The molecule has 0 aromatic carbocycles. The summed E-state index contributed by atoms with van der Waals surface area (Å²) in [4.78, 5) is 8.29. The van der Waals surface area contributed by atoms with E-state index in [4.69, 9.17) is 4.52 Å². The normalized spacial score (nSPS) is 15.2. The van der Waals surface area contributed by atoms with Gasteiger partial charge in [-0.15, -0.1) is 5.10 Å². The first-order valence-electron chi connectivity index (χ1n) is 6.27. The number of nitrogens with zero attached hydrogens (tertiary/aromatic N) is 6. The summed E-state index contributed by atoms with van der Waals surface area (Å²) in [6, 6.07) is 4.01. The van der Waals surface area contributed by atoms with Crippen molar-refractivity contribution in [2.24, 2.45) is 0 Å². The van der Waals surface area contributed by atoms with E-state index in [0.29, 0.717) is 23.5 Å². The smallest absolute Gasteiger partial charge is 0.280 e. The van der Waals surface area contributed by atoms with E-state index in [2.05, 4.69) is 30.8 Å². The molecule has 0 saturated carbocycles. The molecule has 0 aliphatic carbocycles. The molecule has 1 aliphatic rings. The van der Waals surface area contributed by atoms with Gasteiger partial charge in [-0.25, -0.2) is 4.68 Å². The molecule has 1 aliphatic heterocycles. The third-order valence-electron chi connectivity index (χ3n) is 3.23. The Morgan fingerprint density at radius 3 is 2.85 bits per heavy atom. The molecule has 8 nitrogen and oxygen atoms in total. The van der Waals surface area contributed by atoms with Crippen LogP contribution >= 0.6 is 0 Å². The highest BCUT2D eigenvalue weighted by atomic mass is 16.5. The maximum atomic E-state index is 5.24. The van der Waals surface area contributed by atoms with Crippen LogP contribution in [0.2, 0.25) is 0 Å². The number of pyridine rings is 1. The van der Waals surface area contributed by atoms with Gasteiger partial charge in [0.1, 0.15) is 0 Å². The van der Waals surface area contributed by atoms with Crippen LogP contribution in [0, 0.1) is 0 Å². The molecule has 0 unspecified atom stereocenters. The van der Waals surface area contributed by atoms with Crippen molar-refractivity contribution in [2.45, 2.75) is 6.04 Å². The van der Waals surface area contributed by atoms with Crippen molar-refractivity contribution >= 4 is 0 Å². The molecule has 0 spiro atoms. The second-order valence-electron chi connectivity index (χ2n) is 4.55. The Hall–Kier alpha value is -2.61. The van der Waals surface area contributed by atoms with Gasteiger partial charge in [-0.2, -0.15) is 4.98 Å². The van der Waals surface area contributed by atoms with Gasteiger partial charge in [0.15, 0.2) is 5.69 Å². The fourth-order valence-electron chi connectivity index (χ4n) is 1.96. The third-order valence-corrected chi connectivity index (χ3v) is 3.23. The predicted molar refractivity (Wildman–Crippen MR) is 68.5 cm³/mol. The van der Waals surface area contributed by atoms with Crippen LogP contribution in [0.1, 0.15) is 6.04 Å². The fraction of sp³-hybridized carbons (Fsp3) is 0.250. The minimum absolute atomic E-state index is 0.360. The van der Waals surface area contributed by atoms with E-state index in [-0.39, 0.29) is 0 Å². The monoisotopic (exact) mass is 269 g/mol. The van der Waals surface area contributed by atoms with Crippen molar-refractivity contribution in [3.8, 4) is 23.0 Å². The molecule has 3 aromatic heterocycles. The highest BCUT2D eigenvalue weighted by molar-refractivity contribution is 5.56. The van der Waals surface area contributed by atoms with Crippen molar-refractivity contribution in [3.63, 3.8) is 0 Å². The fourth-order valence-corrected chi connectivity index (χ4v) is 1.96. The quantitative estimate of drug-likeness (QED) is 0.741. The Bertz CT molecular complexity index is 716. The van der Waals surface area contributed by atoms with E-state index in [1.165, 1.54) is 0 Å². The average Bonchev–Trinajstić information content (AvgIpc) is 3.06. The molecular weight excluding hydrogens is 258 g/mol. The van der Waals surface area contributed by atoms with Gasteiger partial charge in [0.2, 0.25) is 5.82 Å². The lowest BCUT2D eigenvalue weighted by Gasteiger charge is -2.26. The summed E-state index contributed by atoms with van der Waals surface area (Å²) in [6.45, 7) is 1.82. The van der Waals surface area contributed by atoms with Crippen LogP contribution in [0.15, 0.2) is 35.2 Å². The van der Waals surface area contributed by atoms with E-state index < -0.39 is 0 Å². The third kappa shape index (κ3) is 1.86. The Kier molecular flexibility index (Phi) is 2.52. The Morgan fingerprint density at radius 1 is 1.25 bits per heavy atom. The Morgan fingerprint density at radius 2 is 2.10 bits per heavy atom. The Balaban J connectivity index is 1.63. The standard InChI is InChI=1S/C12H11N7O/c1-3-13-4-2-8(1)11-15-12(20-17-11)10-7-19(18-16-10)9-5-14-6-9/h1-4,7,9,14H,5-6H2. The van der Waals surface area contributed by atoms with Gasteiger partial charge in [-0.1, -0.05) is 10.4 Å². The first-order chi connectivity index (χ1) is 9.90. The summed E-state index contributed by atoms with van der Waals surface area (Å²) in [6.07, 6.45) is 5.20. The van der Waals surface area contributed by atoms with Crippen LogP contribution in [0.4, 0.5) is 0 Å². The van der Waals surface area contributed by atoms with Crippen LogP contribution < -0.4 is 5.32 Å². The lowest BCUT2D eigenvalue weighted by Crippen LogP contribution is -2.43. The average molecular weight is 269 g/mol. The summed E-state index contributed by atoms with van der Waals surface area (Å²) in [5, 5.41) is 15.3. The molecule has 0 bridgehead atoms. The van der Waals surface area contributed by atoms with Gasteiger partial charge in [-0.05, 0) is 12.1 Å². The van der Waals surface area contributed by atoms with Crippen LogP contribution in [0.3, 0.4) is 0 Å². The zero-order valence-electron chi connectivity index (χ0n) is 10.5. The van der Waals surface area contributed by atoms with Crippen molar-refractivity contribution in [1.82, 2.24) is 35.4 Å².